The van der Waals surface area contributed by atoms with E-state index in [1.807, 2.05) is 0 Å². The van der Waals surface area contributed by atoms with Crippen molar-refractivity contribution in [3.8, 4) is 0 Å². The zero-order valence-electron chi connectivity index (χ0n) is 16.2. The van der Waals surface area contributed by atoms with Gasteiger partial charge in [0.1, 0.15) is 23.7 Å². The summed E-state index contributed by atoms with van der Waals surface area (Å²) in [4.78, 5) is 25.4. The smallest absolute Gasteiger partial charge is 0.275 e. The van der Waals surface area contributed by atoms with Gasteiger partial charge in [0.2, 0.25) is 5.91 Å². The maximum absolute atomic E-state index is 14.0. The number of hydrogen-bond donors (Lipinski definition) is 1. The number of carbonyl (C=O) groups is 1. The zero-order valence-corrected chi connectivity index (χ0v) is 16.2. The van der Waals surface area contributed by atoms with Crippen LogP contribution < -0.4 is 10.9 Å². The molecule has 1 amide bonds. The number of nitrogens with one attached hydrogen (secondary N) is 1. The Hall–Kier alpha value is -3.74. The highest BCUT2D eigenvalue weighted by atomic mass is 19.1. The van der Waals surface area contributed by atoms with Crippen LogP contribution in [0.4, 0.5) is 14.5 Å². The molecule has 0 aliphatic carbocycles. The highest BCUT2D eigenvalue weighted by Gasteiger charge is 2.13. The number of halogens is 2. The van der Waals surface area contributed by atoms with Crippen LogP contribution >= 0.6 is 0 Å². The van der Waals surface area contributed by atoms with E-state index in [1.165, 1.54) is 29.0 Å². The number of fused-ring (bicyclic) bond motifs is 1. The van der Waals surface area contributed by atoms with Gasteiger partial charge in [-0.1, -0.05) is 24.3 Å². The van der Waals surface area contributed by atoms with Crippen LogP contribution in [0.1, 0.15) is 11.1 Å². The maximum atomic E-state index is 14.0. The first-order valence-electron chi connectivity index (χ1n) is 9.40. The highest BCUT2D eigenvalue weighted by Crippen LogP contribution is 2.17. The lowest BCUT2D eigenvalue weighted by Crippen LogP contribution is -2.28. The van der Waals surface area contributed by atoms with Gasteiger partial charge >= 0.3 is 0 Å². The molecular formula is C23H19F2N3O2. The number of rotatable bonds is 5. The van der Waals surface area contributed by atoms with Crippen molar-refractivity contribution in [2.75, 3.05) is 5.32 Å². The number of pyridine rings is 1. The summed E-state index contributed by atoms with van der Waals surface area (Å²) >= 11 is 0. The molecule has 152 valence electrons. The number of aryl methyl sites for hydroxylation is 1. The Balaban J connectivity index is 1.61. The number of nitrogens with zero attached hydrogens (tertiary/aromatic N) is 2. The Bertz CT molecular complexity index is 1310. The Kier molecular flexibility index (Phi) is 5.18. The minimum absolute atomic E-state index is 0.0580. The molecule has 2 aromatic carbocycles. The highest BCUT2D eigenvalue weighted by molar-refractivity contribution is 5.91. The van der Waals surface area contributed by atoms with Crippen LogP contribution in [-0.4, -0.2) is 15.0 Å². The molecule has 0 aliphatic heterocycles. The predicted molar refractivity (Wildman–Crippen MR) is 111 cm³/mol. The van der Waals surface area contributed by atoms with Gasteiger partial charge in [-0.3, -0.25) is 9.59 Å². The average molecular weight is 407 g/mol. The molecule has 0 radical (unpaired) electrons. The fourth-order valence-corrected chi connectivity index (χ4v) is 3.38. The van der Waals surface area contributed by atoms with Crippen LogP contribution in [0.25, 0.3) is 10.9 Å². The van der Waals surface area contributed by atoms with Crippen molar-refractivity contribution in [3.63, 3.8) is 0 Å². The number of benzene rings is 2. The number of carbonyl (C=O) groups excluding carboxylic acids is 1. The number of aromatic nitrogens is 2. The third kappa shape index (κ3) is 3.87. The van der Waals surface area contributed by atoms with Crippen molar-refractivity contribution in [2.24, 2.45) is 0 Å². The summed E-state index contributed by atoms with van der Waals surface area (Å²) in [5, 5.41) is 3.18. The summed E-state index contributed by atoms with van der Waals surface area (Å²) in [5.41, 5.74) is 1.24. The molecule has 2 heterocycles. The predicted octanol–water partition coefficient (Wildman–Crippen LogP) is 4.08. The molecular weight excluding hydrogens is 388 g/mol. The molecule has 0 aliphatic rings. The molecule has 2 aromatic heterocycles. The minimum Gasteiger partial charge on any atom is -0.338 e. The molecule has 5 nitrogen and oxygen atoms in total. The SMILES string of the molecule is Cc1ccc(NC(=O)Cn2ccc3ccn(Cc4ccccc4F)c3c2=O)c(F)c1. The van der Waals surface area contributed by atoms with E-state index in [0.717, 1.165) is 5.56 Å². The van der Waals surface area contributed by atoms with Gasteiger partial charge in [0.25, 0.3) is 5.56 Å². The van der Waals surface area contributed by atoms with Gasteiger partial charge in [-0.2, -0.15) is 0 Å². The van der Waals surface area contributed by atoms with E-state index in [0.29, 0.717) is 16.5 Å². The van der Waals surface area contributed by atoms with E-state index >= 15 is 0 Å². The minimum atomic E-state index is -0.537. The molecule has 0 fully saturated rings. The molecule has 0 spiro atoms. The molecule has 1 N–H and O–H groups in total. The molecule has 4 aromatic rings. The van der Waals surface area contributed by atoms with Crippen LogP contribution in [0.15, 0.2) is 71.8 Å². The molecule has 4 rings (SSSR count). The van der Waals surface area contributed by atoms with E-state index in [9.17, 15) is 18.4 Å². The Morgan fingerprint density at radius 2 is 1.70 bits per heavy atom. The lowest BCUT2D eigenvalue weighted by Gasteiger charge is -2.10. The number of anilines is 1. The summed E-state index contributed by atoms with van der Waals surface area (Å²) < 4.78 is 30.9. The van der Waals surface area contributed by atoms with Crippen molar-refractivity contribution >= 4 is 22.5 Å². The van der Waals surface area contributed by atoms with Crippen molar-refractivity contribution in [2.45, 2.75) is 20.0 Å². The summed E-state index contributed by atoms with van der Waals surface area (Å²) in [7, 11) is 0. The van der Waals surface area contributed by atoms with Gasteiger partial charge in [0.05, 0.1) is 12.2 Å². The van der Waals surface area contributed by atoms with Crippen molar-refractivity contribution in [1.29, 1.82) is 0 Å². The number of amides is 1. The second-order valence-electron chi connectivity index (χ2n) is 7.12. The average Bonchev–Trinajstić information content (AvgIpc) is 3.12. The monoisotopic (exact) mass is 407 g/mol. The normalized spacial score (nSPS) is 11.0. The quantitative estimate of drug-likeness (QED) is 0.542. The third-order valence-corrected chi connectivity index (χ3v) is 4.90. The van der Waals surface area contributed by atoms with Crippen LogP contribution in [0, 0.1) is 18.6 Å². The fraction of sp³-hybridized carbons (Fsp3) is 0.130. The van der Waals surface area contributed by atoms with Gasteiger partial charge in [0.15, 0.2) is 0 Å². The first-order valence-corrected chi connectivity index (χ1v) is 9.40. The summed E-state index contributed by atoms with van der Waals surface area (Å²) in [5.74, 6) is -1.41. The van der Waals surface area contributed by atoms with E-state index < -0.39 is 11.7 Å². The van der Waals surface area contributed by atoms with Crippen LogP contribution in [-0.2, 0) is 17.9 Å². The molecule has 30 heavy (non-hydrogen) atoms. The topological polar surface area (TPSA) is 56.0 Å². The van der Waals surface area contributed by atoms with Crippen LogP contribution in [0.2, 0.25) is 0 Å². The number of hydrogen-bond acceptors (Lipinski definition) is 2. The first kappa shape index (κ1) is 19.6. The summed E-state index contributed by atoms with van der Waals surface area (Å²) in [6.45, 7) is 1.67. The van der Waals surface area contributed by atoms with Crippen LogP contribution in [0.3, 0.4) is 0 Å². The zero-order chi connectivity index (χ0) is 21.3. The van der Waals surface area contributed by atoms with Gasteiger partial charge in [-0.05, 0) is 42.8 Å². The van der Waals surface area contributed by atoms with Crippen molar-refractivity contribution < 1.29 is 13.6 Å². The standard InChI is InChI=1S/C23H19F2N3O2/c1-15-6-7-20(19(25)12-15)26-21(29)14-28-11-9-16-8-10-27(22(16)23(28)30)13-17-4-2-3-5-18(17)24/h2-12H,13-14H2,1H3,(H,26,29). The molecule has 0 atom stereocenters. The Labute approximate surface area is 171 Å². The lowest BCUT2D eigenvalue weighted by atomic mass is 10.2. The maximum Gasteiger partial charge on any atom is 0.275 e. The van der Waals surface area contributed by atoms with Crippen molar-refractivity contribution in [1.82, 2.24) is 9.13 Å². The van der Waals surface area contributed by atoms with Crippen LogP contribution in [0.5, 0.6) is 0 Å². The molecule has 0 bridgehead atoms. The van der Waals surface area contributed by atoms with E-state index in [-0.39, 0.29) is 30.2 Å². The molecule has 7 heteroatoms. The first-order chi connectivity index (χ1) is 14.4. The van der Waals surface area contributed by atoms with Gasteiger partial charge < -0.3 is 14.5 Å². The summed E-state index contributed by atoms with van der Waals surface area (Å²) in [6, 6.07) is 14.3. The fourth-order valence-electron chi connectivity index (χ4n) is 3.38. The van der Waals surface area contributed by atoms with E-state index in [2.05, 4.69) is 5.32 Å². The summed E-state index contributed by atoms with van der Waals surface area (Å²) in [6.07, 6.45) is 3.23. The second-order valence-corrected chi connectivity index (χ2v) is 7.12. The Morgan fingerprint density at radius 1 is 0.967 bits per heavy atom. The third-order valence-electron chi connectivity index (χ3n) is 4.90. The molecule has 0 saturated heterocycles. The van der Waals surface area contributed by atoms with E-state index in [4.69, 9.17) is 0 Å². The van der Waals surface area contributed by atoms with Gasteiger partial charge in [-0.25, -0.2) is 8.78 Å². The second kappa shape index (κ2) is 7.94. The van der Waals surface area contributed by atoms with Gasteiger partial charge in [0, 0.05) is 23.3 Å². The Morgan fingerprint density at radius 3 is 2.43 bits per heavy atom. The molecule has 0 unspecified atom stereocenters. The van der Waals surface area contributed by atoms with E-state index in [1.54, 1.807) is 54.1 Å². The molecule has 0 saturated carbocycles. The largest absolute Gasteiger partial charge is 0.338 e. The lowest BCUT2D eigenvalue weighted by molar-refractivity contribution is -0.116. The van der Waals surface area contributed by atoms with Crippen molar-refractivity contribution in [3.05, 3.63) is 100 Å². The van der Waals surface area contributed by atoms with Gasteiger partial charge in [-0.15, -0.1) is 0 Å².